The molecular formula is C12H25N3O2S2. The summed E-state index contributed by atoms with van der Waals surface area (Å²) in [6.07, 6.45) is 1.95. The SMILES string of the molecule is O=S(=O)(CC1CCNCC1)NCCN1CCSCC1. The third-order valence-corrected chi connectivity index (χ3v) is 6.26. The fourth-order valence-electron chi connectivity index (χ4n) is 2.60. The van der Waals surface area contributed by atoms with Gasteiger partial charge in [-0.05, 0) is 31.8 Å². The van der Waals surface area contributed by atoms with Crippen molar-refractivity contribution >= 4 is 21.8 Å². The number of rotatable bonds is 6. The van der Waals surface area contributed by atoms with E-state index in [1.54, 1.807) is 0 Å². The molecule has 0 aromatic carbocycles. The van der Waals surface area contributed by atoms with Crippen LogP contribution in [0.15, 0.2) is 0 Å². The van der Waals surface area contributed by atoms with Gasteiger partial charge in [-0.25, -0.2) is 13.1 Å². The summed E-state index contributed by atoms with van der Waals surface area (Å²) in [7, 11) is -3.09. The summed E-state index contributed by atoms with van der Waals surface area (Å²) in [6.45, 7) is 5.46. The van der Waals surface area contributed by atoms with Crippen LogP contribution in [0, 0.1) is 5.92 Å². The Morgan fingerprint density at radius 3 is 2.58 bits per heavy atom. The lowest BCUT2D eigenvalue weighted by molar-refractivity contribution is 0.307. The molecule has 0 aliphatic carbocycles. The van der Waals surface area contributed by atoms with Crippen LogP contribution < -0.4 is 10.0 Å². The van der Waals surface area contributed by atoms with Crippen LogP contribution in [0.5, 0.6) is 0 Å². The molecule has 0 aromatic rings. The standard InChI is InChI=1S/C12H25N3O2S2/c16-19(17,11-12-1-3-13-4-2-12)14-5-6-15-7-9-18-10-8-15/h12-14H,1-11H2. The third kappa shape index (κ3) is 5.99. The first kappa shape index (κ1) is 15.6. The molecule has 2 aliphatic heterocycles. The summed E-state index contributed by atoms with van der Waals surface area (Å²) in [6, 6.07) is 0. The third-order valence-electron chi connectivity index (χ3n) is 3.77. The first-order chi connectivity index (χ1) is 9.16. The Labute approximate surface area is 120 Å². The second kappa shape index (κ2) is 7.83. The summed E-state index contributed by atoms with van der Waals surface area (Å²) in [5.41, 5.74) is 0. The van der Waals surface area contributed by atoms with Crippen molar-refractivity contribution in [3.05, 3.63) is 0 Å². The predicted octanol–water partition coefficient (Wildman–Crippen LogP) is -0.0458. The molecule has 2 fully saturated rings. The van der Waals surface area contributed by atoms with E-state index in [-0.39, 0.29) is 0 Å². The molecule has 2 saturated heterocycles. The summed E-state index contributed by atoms with van der Waals surface area (Å²) >= 11 is 1.97. The van der Waals surface area contributed by atoms with Crippen LogP contribution in [0.2, 0.25) is 0 Å². The van der Waals surface area contributed by atoms with E-state index in [1.807, 2.05) is 11.8 Å². The quantitative estimate of drug-likeness (QED) is 0.721. The van der Waals surface area contributed by atoms with E-state index < -0.39 is 10.0 Å². The summed E-state index contributed by atoms with van der Waals surface area (Å²) in [4.78, 5) is 2.34. The monoisotopic (exact) mass is 307 g/mol. The van der Waals surface area contributed by atoms with Crippen molar-refractivity contribution in [3.8, 4) is 0 Å². The Morgan fingerprint density at radius 1 is 1.21 bits per heavy atom. The van der Waals surface area contributed by atoms with Gasteiger partial charge in [-0.15, -0.1) is 0 Å². The van der Waals surface area contributed by atoms with E-state index in [0.717, 1.165) is 45.6 Å². The highest BCUT2D eigenvalue weighted by molar-refractivity contribution is 7.99. The van der Waals surface area contributed by atoms with Crippen molar-refractivity contribution in [3.63, 3.8) is 0 Å². The van der Waals surface area contributed by atoms with Crippen molar-refractivity contribution < 1.29 is 8.42 Å². The van der Waals surface area contributed by atoms with Crippen molar-refractivity contribution in [2.75, 3.05) is 56.5 Å². The molecule has 2 aliphatic rings. The first-order valence-electron chi connectivity index (χ1n) is 7.14. The summed E-state index contributed by atoms with van der Waals surface area (Å²) in [5, 5.41) is 3.26. The van der Waals surface area contributed by atoms with Crippen LogP contribution >= 0.6 is 11.8 Å². The van der Waals surface area contributed by atoms with Gasteiger partial charge in [0.2, 0.25) is 10.0 Å². The molecule has 0 spiro atoms. The minimum Gasteiger partial charge on any atom is -0.317 e. The van der Waals surface area contributed by atoms with Crippen molar-refractivity contribution in [1.82, 2.24) is 14.9 Å². The summed E-state index contributed by atoms with van der Waals surface area (Å²) in [5.74, 6) is 2.96. The van der Waals surface area contributed by atoms with Crippen LogP contribution in [-0.2, 0) is 10.0 Å². The smallest absolute Gasteiger partial charge is 0.211 e. The number of hydrogen-bond donors (Lipinski definition) is 2. The Hall–Kier alpha value is 0.180. The minimum absolute atomic E-state index is 0.296. The maximum absolute atomic E-state index is 12.0. The van der Waals surface area contributed by atoms with Gasteiger partial charge in [-0.2, -0.15) is 11.8 Å². The largest absolute Gasteiger partial charge is 0.317 e. The maximum atomic E-state index is 12.0. The number of sulfonamides is 1. The molecule has 7 heteroatoms. The molecule has 0 saturated carbocycles. The Kier molecular flexibility index (Phi) is 6.41. The Bertz CT molecular complexity index is 350. The van der Waals surface area contributed by atoms with Gasteiger partial charge in [0.15, 0.2) is 0 Å². The lowest BCUT2D eigenvalue weighted by atomic mass is 10.0. The van der Waals surface area contributed by atoms with E-state index in [9.17, 15) is 8.42 Å². The lowest BCUT2D eigenvalue weighted by Gasteiger charge is -2.26. The number of thioether (sulfide) groups is 1. The molecule has 2 rings (SSSR count). The molecule has 0 unspecified atom stereocenters. The van der Waals surface area contributed by atoms with Crippen LogP contribution in [-0.4, -0.2) is 69.8 Å². The minimum atomic E-state index is -3.09. The van der Waals surface area contributed by atoms with Crippen LogP contribution in [0.25, 0.3) is 0 Å². The number of hydrogen-bond acceptors (Lipinski definition) is 5. The average molecular weight is 307 g/mol. The highest BCUT2D eigenvalue weighted by Crippen LogP contribution is 2.13. The molecule has 0 radical (unpaired) electrons. The molecule has 2 N–H and O–H groups in total. The van der Waals surface area contributed by atoms with Gasteiger partial charge in [0.25, 0.3) is 0 Å². The van der Waals surface area contributed by atoms with E-state index in [1.165, 1.54) is 11.5 Å². The predicted molar refractivity (Wildman–Crippen MR) is 81.1 cm³/mol. The van der Waals surface area contributed by atoms with E-state index in [0.29, 0.717) is 18.2 Å². The average Bonchev–Trinajstić information content (AvgIpc) is 2.40. The topological polar surface area (TPSA) is 61.4 Å². The molecule has 112 valence electrons. The molecule has 19 heavy (non-hydrogen) atoms. The van der Waals surface area contributed by atoms with Crippen molar-refractivity contribution in [2.24, 2.45) is 5.92 Å². The Balaban J connectivity index is 1.65. The highest BCUT2D eigenvalue weighted by atomic mass is 32.2. The zero-order valence-electron chi connectivity index (χ0n) is 11.4. The first-order valence-corrected chi connectivity index (χ1v) is 9.94. The summed E-state index contributed by atoms with van der Waals surface area (Å²) < 4.78 is 26.7. The van der Waals surface area contributed by atoms with Crippen molar-refractivity contribution in [2.45, 2.75) is 12.8 Å². The molecule has 5 nitrogen and oxygen atoms in total. The van der Waals surface area contributed by atoms with Gasteiger partial charge in [0.1, 0.15) is 0 Å². The lowest BCUT2D eigenvalue weighted by Crippen LogP contribution is -2.41. The van der Waals surface area contributed by atoms with Crippen LogP contribution in [0.1, 0.15) is 12.8 Å². The van der Waals surface area contributed by atoms with Crippen LogP contribution in [0.3, 0.4) is 0 Å². The second-order valence-electron chi connectivity index (χ2n) is 5.32. The van der Waals surface area contributed by atoms with E-state index >= 15 is 0 Å². The Morgan fingerprint density at radius 2 is 1.89 bits per heavy atom. The van der Waals surface area contributed by atoms with Gasteiger partial charge in [0.05, 0.1) is 5.75 Å². The van der Waals surface area contributed by atoms with Crippen LogP contribution in [0.4, 0.5) is 0 Å². The zero-order valence-corrected chi connectivity index (χ0v) is 13.1. The molecule has 0 bridgehead atoms. The number of nitrogens with zero attached hydrogens (tertiary/aromatic N) is 1. The fraction of sp³-hybridized carbons (Fsp3) is 1.00. The van der Waals surface area contributed by atoms with Gasteiger partial charge < -0.3 is 10.2 Å². The van der Waals surface area contributed by atoms with Gasteiger partial charge >= 0.3 is 0 Å². The van der Waals surface area contributed by atoms with E-state index in [2.05, 4.69) is 14.9 Å². The molecule has 0 atom stereocenters. The van der Waals surface area contributed by atoms with Gasteiger partial charge in [-0.1, -0.05) is 0 Å². The zero-order chi connectivity index (χ0) is 13.6. The van der Waals surface area contributed by atoms with Crippen molar-refractivity contribution in [1.29, 1.82) is 0 Å². The maximum Gasteiger partial charge on any atom is 0.211 e. The van der Waals surface area contributed by atoms with Gasteiger partial charge in [0, 0.05) is 37.7 Å². The highest BCUT2D eigenvalue weighted by Gasteiger charge is 2.21. The molecular weight excluding hydrogens is 282 g/mol. The number of piperidine rings is 1. The normalized spacial score (nSPS) is 23.6. The van der Waals surface area contributed by atoms with Gasteiger partial charge in [-0.3, -0.25) is 0 Å². The molecule has 0 aromatic heterocycles. The van der Waals surface area contributed by atoms with E-state index in [4.69, 9.17) is 0 Å². The second-order valence-corrected chi connectivity index (χ2v) is 8.40. The number of nitrogens with one attached hydrogen (secondary N) is 2. The molecule has 0 amide bonds. The fourth-order valence-corrected chi connectivity index (χ4v) is 5.05. The molecule has 2 heterocycles.